The van der Waals surface area contributed by atoms with Crippen LogP contribution < -0.4 is 10.4 Å². The second kappa shape index (κ2) is 5.94. The number of hydrogen-bond acceptors (Lipinski definition) is 0. The van der Waals surface area contributed by atoms with Crippen LogP contribution in [0.1, 0.15) is 0 Å². The highest BCUT2D eigenvalue weighted by Gasteiger charge is 2.41. The van der Waals surface area contributed by atoms with Crippen molar-refractivity contribution in [2.45, 2.75) is 13.1 Å². The fourth-order valence-electron chi connectivity index (χ4n) is 5.19. The standard InChI is InChI=1S/C26H20BrNSi/c1-29(2)23-15-9-7-13-19(23)24-21(27)16-20-18-12-6-8-14-22(18)28(25(20)26(24)29)17-10-4-3-5-11-17/h3-16H,1-2H3. The summed E-state index contributed by atoms with van der Waals surface area (Å²) < 4.78 is 3.69. The average molecular weight is 454 g/mol. The molecule has 0 fully saturated rings. The summed E-state index contributed by atoms with van der Waals surface area (Å²) in [7, 11) is -1.86. The Hall–Kier alpha value is -2.62. The van der Waals surface area contributed by atoms with Crippen LogP contribution in [0, 0.1) is 0 Å². The Kier molecular flexibility index (Phi) is 3.54. The van der Waals surface area contributed by atoms with Gasteiger partial charge < -0.3 is 4.57 Å². The van der Waals surface area contributed by atoms with Gasteiger partial charge in [-0.05, 0) is 45.8 Å². The Labute approximate surface area is 179 Å². The predicted molar refractivity (Wildman–Crippen MR) is 131 cm³/mol. The second-order valence-corrected chi connectivity index (χ2v) is 13.5. The van der Waals surface area contributed by atoms with E-state index in [-0.39, 0.29) is 0 Å². The molecule has 6 rings (SSSR count). The van der Waals surface area contributed by atoms with E-state index in [2.05, 4.69) is 119 Å². The van der Waals surface area contributed by atoms with Gasteiger partial charge in [-0.15, -0.1) is 0 Å². The van der Waals surface area contributed by atoms with Gasteiger partial charge in [-0.1, -0.05) is 89.7 Å². The molecule has 0 saturated carbocycles. The lowest BCUT2D eigenvalue weighted by Crippen LogP contribution is -2.49. The van der Waals surface area contributed by atoms with Crippen LogP contribution >= 0.6 is 15.9 Å². The zero-order valence-corrected chi connectivity index (χ0v) is 19.0. The molecule has 0 amide bonds. The van der Waals surface area contributed by atoms with E-state index >= 15 is 0 Å². The molecule has 29 heavy (non-hydrogen) atoms. The normalized spacial score (nSPS) is 14.3. The maximum Gasteiger partial charge on any atom is 0.116 e. The van der Waals surface area contributed by atoms with E-state index in [1.165, 1.54) is 48.3 Å². The molecule has 4 aromatic carbocycles. The van der Waals surface area contributed by atoms with Crippen molar-refractivity contribution < 1.29 is 0 Å². The van der Waals surface area contributed by atoms with Gasteiger partial charge in [0.05, 0.1) is 11.0 Å². The minimum absolute atomic E-state index is 1.21. The molecule has 5 aromatic rings. The van der Waals surface area contributed by atoms with Gasteiger partial charge in [-0.2, -0.15) is 0 Å². The van der Waals surface area contributed by atoms with E-state index in [1.807, 2.05) is 0 Å². The van der Waals surface area contributed by atoms with Crippen molar-refractivity contribution in [3.05, 3.63) is 89.4 Å². The maximum absolute atomic E-state index is 3.95. The van der Waals surface area contributed by atoms with Gasteiger partial charge in [0.2, 0.25) is 0 Å². The lowest BCUT2D eigenvalue weighted by molar-refractivity contribution is 1.18. The van der Waals surface area contributed by atoms with Crippen molar-refractivity contribution in [2.24, 2.45) is 0 Å². The molecule has 0 saturated heterocycles. The fraction of sp³-hybridized carbons (Fsp3) is 0.0769. The minimum Gasteiger partial charge on any atom is -0.309 e. The number of hydrogen-bond donors (Lipinski definition) is 0. The van der Waals surface area contributed by atoms with Gasteiger partial charge in [-0.25, -0.2) is 0 Å². The summed E-state index contributed by atoms with van der Waals surface area (Å²) in [4.78, 5) is 0. The van der Waals surface area contributed by atoms with Gasteiger partial charge >= 0.3 is 0 Å². The SMILES string of the molecule is C[Si]1(C)c2ccccc2-c2c(Br)cc3c4ccccc4n(-c4ccccc4)c3c21. The Bertz CT molecular complexity index is 1430. The third-order valence-electron chi connectivity index (χ3n) is 6.42. The first-order valence-electron chi connectivity index (χ1n) is 10.0. The summed E-state index contributed by atoms with van der Waals surface area (Å²) in [5, 5.41) is 5.73. The Morgan fingerprint density at radius 2 is 1.45 bits per heavy atom. The van der Waals surface area contributed by atoms with Crippen LogP contribution in [-0.4, -0.2) is 12.6 Å². The molecule has 0 aliphatic carbocycles. The number of nitrogens with zero attached hydrogens (tertiary/aromatic N) is 1. The molecule has 0 spiro atoms. The third-order valence-corrected chi connectivity index (χ3v) is 10.6. The van der Waals surface area contributed by atoms with Crippen LogP contribution in [0.4, 0.5) is 0 Å². The molecular weight excluding hydrogens is 434 g/mol. The lowest BCUT2D eigenvalue weighted by atomic mass is 10.0. The summed E-state index contributed by atoms with van der Waals surface area (Å²) in [6.07, 6.45) is 0. The quantitative estimate of drug-likeness (QED) is 0.260. The molecule has 1 aliphatic rings. The minimum atomic E-state index is -1.86. The smallest absolute Gasteiger partial charge is 0.116 e. The number of benzene rings is 4. The molecule has 0 atom stereocenters. The molecule has 1 aromatic heterocycles. The summed E-state index contributed by atoms with van der Waals surface area (Å²) in [6, 6.07) is 30.9. The van der Waals surface area contributed by atoms with Crippen molar-refractivity contribution in [3.8, 4) is 16.8 Å². The third kappa shape index (κ3) is 2.20. The number of rotatable bonds is 1. The second-order valence-electron chi connectivity index (χ2n) is 8.36. The number of para-hydroxylation sites is 2. The average Bonchev–Trinajstić information content (AvgIpc) is 3.19. The molecule has 3 heteroatoms. The number of fused-ring (bicyclic) bond motifs is 7. The van der Waals surface area contributed by atoms with Gasteiger partial charge in [0, 0.05) is 20.9 Å². The van der Waals surface area contributed by atoms with Crippen LogP contribution in [-0.2, 0) is 0 Å². The lowest BCUT2D eigenvalue weighted by Gasteiger charge is -2.21. The van der Waals surface area contributed by atoms with E-state index < -0.39 is 8.07 Å². The highest BCUT2D eigenvalue weighted by Crippen LogP contribution is 2.41. The molecule has 0 unspecified atom stereocenters. The highest BCUT2D eigenvalue weighted by atomic mass is 79.9. The molecule has 140 valence electrons. The van der Waals surface area contributed by atoms with Gasteiger partial charge in [0.25, 0.3) is 0 Å². The van der Waals surface area contributed by atoms with Crippen molar-refractivity contribution in [1.29, 1.82) is 0 Å². The first-order chi connectivity index (χ1) is 14.1. The number of halogens is 1. The number of aromatic nitrogens is 1. The first-order valence-corrected chi connectivity index (χ1v) is 13.8. The monoisotopic (exact) mass is 453 g/mol. The summed E-state index contributed by atoms with van der Waals surface area (Å²) >= 11 is 3.95. The van der Waals surface area contributed by atoms with Crippen LogP contribution in [0.3, 0.4) is 0 Å². The first kappa shape index (κ1) is 17.3. The molecule has 0 bridgehead atoms. The molecular formula is C26H20BrNSi. The van der Waals surface area contributed by atoms with E-state index in [1.54, 1.807) is 5.19 Å². The fourth-order valence-corrected chi connectivity index (χ4v) is 9.41. The summed E-state index contributed by atoms with van der Waals surface area (Å²) in [5.41, 5.74) is 6.67. The van der Waals surface area contributed by atoms with Gasteiger partial charge in [-0.3, -0.25) is 0 Å². The van der Waals surface area contributed by atoms with Crippen LogP contribution in [0.25, 0.3) is 38.6 Å². The molecule has 0 N–H and O–H groups in total. The summed E-state index contributed by atoms with van der Waals surface area (Å²) in [5.74, 6) is 0. The molecule has 0 radical (unpaired) electrons. The molecule has 2 heterocycles. The predicted octanol–water partition coefficient (Wildman–Crippen LogP) is 6.35. The largest absolute Gasteiger partial charge is 0.309 e. The Morgan fingerprint density at radius 3 is 2.28 bits per heavy atom. The van der Waals surface area contributed by atoms with Crippen molar-refractivity contribution in [1.82, 2.24) is 4.57 Å². The maximum atomic E-state index is 3.95. The zero-order valence-electron chi connectivity index (χ0n) is 16.4. The van der Waals surface area contributed by atoms with Crippen LogP contribution in [0.5, 0.6) is 0 Å². The van der Waals surface area contributed by atoms with E-state index in [0.29, 0.717) is 0 Å². The topological polar surface area (TPSA) is 4.93 Å². The van der Waals surface area contributed by atoms with Crippen molar-refractivity contribution in [3.63, 3.8) is 0 Å². The van der Waals surface area contributed by atoms with E-state index in [9.17, 15) is 0 Å². The highest BCUT2D eigenvalue weighted by molar-refractivity contribution is 9.10. The van der Waals surface area contributed by atoms with E-state index in [4.69, 9.17) is 0 Å². The van der Waals surface area contributed by atoms with Crippen LogP contribution in [0.15, 0.2) is 89.4 Å². The molecule has 1 nitrogen and oxygen atoms in total. The van der Waals surface area contributed by atoms with E-state index in [0.717, 1.165) is 0 Å². The van der Waals surface area contributed by atoms with Crippen LogP contribution in [0.2, 0.25) is 13.1 Å². The van der Waals surface area contributed by atoms with Crippen molar-refractivity contribution in [2.75, 3.05) is 0 Å². The molecule has 1 aliphatic heterocycles. The van der Waals surface area contributed by atoms with Gasteiger partial charge in [0.1, 0.15) is 8.07 Å². The Balaban J connectivity index is 1.90. The van der Waals surface area contributed by atoms with Gasteiger partial charge in [0.15, 0.2) is 0 Å². The summed E-state index contributed by atoms with van der Waals surface area (Å²) in [6.45, 7) is 4.99. The Morgan fingerprint density at radius 1 is 0.759 bits per heavy atom. The zero-order chi connectivity index (χ0) is 19.8. The van der Waals surface area contributed by atoms with Crippen molar-refractivity contribution >= 4 is 56.2 Å².